The van der Waals surface area contributed by atoms with Crippen molar-refractivity contribution in [2.45, 2.75) is 51.3 Å². The minimum absolute atomic E-state index is 0.00384. The zero-order chi connectivity index (χ0) is 14.9. The summed E-state index contributed by atoms with van der Waals surface area (Å²) < 4.78 is 5.49. The van der Waals surface area contributed by atoms with E-state index in [2.05, 4.69) is 0 Å². The number of piperidine rings is 1. The molecule has 0 aliphatic carbocycles. The van der Waals surface area contributed by atoms with Gasteiger partial charge in [0, 0.05) is 20.2 Å². The van der Waals surface area contributed by atoms with Crippen LogP contribution >= 0.6 is 0 Å². The average molecular weight is 284 g/mol. The number of carboxylic acid groups (broad SMARTS) is 1. The Labute approximate surface area is 119 Å². The zero-order valence-electron chi connectivity index (χ0n) is 12.4. The topological polar surface area (TPSA) is 70.1 Å². The Morgan fingerprint density at radius 2 is 2.00 bits per heavy atom. The van der Waals surface area contributed by atoms with Gasteiger partial charge in [-0.3, -0.25) is 0 Å². The molecule has 6 nitrogen and oxygen atoms in total. The fourth-order valence-electron chi connectivity index (χ4n) is 3.35. The monoisotopic (exact) mass is 284 g/mol. The summed E-state index contributed by atoms with van der Waals surface area (Å²) in [6.07, 6.45) is 2.54. The van der Waals surface area contributed by atoms with E-state index in [0.717, 1.165) is 19.3 Å². The van der Waals surface area contributed by atoms with Crippen LogP contribution in [-0.2, 0) is 9.53 Å². The summed E-state index contributed by atoms with van der Waals surface area (Å²) >= 11 is 0. The SMILES string of the molecule is CC1CCCN(C(=O)N(C)C2CCOC2C)C1C(=O)O. The first-order chi connectivity index (χ1) is 9.43. The molecular weight excluding hydrogens is 260 g/mol. The highest BCUT2D eigenvalue weighted by Crippen LogP contribution is 2.26. The molecular formula is C14H24N2O4. The first-order valence-electron chi connectivity index (χ1n) is 7.31. The van der Waals surface area contributed by atoms with Gasteiger partial charge < -0.3 is 19.6 Å². The number of nitrogens with zero attached hydrogens (tertiary/aromatic N) is 2. The number of likely N-dealkylation sites (N-methyl/N-ethyl adjacent to an activating group) is 1. The molecule has 2 aliphatic rings. The molecule has 20 heavy (non-hydrogen) atoms. The molecule has 2 saturated heterocycles. The third kappa shape index (κ3) is 2.75. The van der Waals surface area contributed by atoms with Gasteiger partial charge in [-0.15, -0.1) is 0 Å². The predicted octanol–water partition coefficient (Wildman–Crippen LogP) is 1.40. The Hall–Kier alpha value is -1.30. The molecule has 0 saturated carbocycles. The Morgan fingerprint density at radius 3 is 2.55 bits per heavy atom. The van der Waals surface area contributed by atoms with Crippen molar-refractivity contribution in [1.82, 2.24) is 9.80 Å². The van der Waals surface area contributed by atoms with Crippen LogP contribution in [0.2, 0.25) is 0 Å². The quantitative estimate of drug-likeness (QED) is 0.832. The number of ether oxygens (including phenoxy) is 1. The van der Waals surface area contributed by atoms with Crippen molar-refractivity contribution in [3.8, 4) is 0 Å². The Kier molecular flexibility index (Phi) is 4.52. The highest BCUT2D eigenvalue weighted by molar-refractivity contribution is 5.83. The second-order valence-corrected chi connectivity index (χ2v) is 5.92. The van der Waals surface area contributed by atoms with E-state index >= 15 is 0 Å². The van der Waals surface area contributed by atoms with Gasteiger partial charge in [-0.2, -0.15) is 0 Å². The molecule has 4 atom stereocenters. The number of hydrogen-bond acceptors (Lipinski definition) is 3. The van der Waals surface area contributed by atoms with Gasteiger partial charge in [0.2, 0.25) is 0 Å². The molecule has 1 N–H and O–H groups in total. The average Bonchev–Trinajstić information content (AvgIpc) is 2.82. The summed E-state index contributed by atoms with van der Waals surface area (Å²) in [5, 5.41) is 9.39. The van der Waals surface area contributed by atoms with Crippen LogP contribution in [0.1, 0.15) is 33.1 Å². The van der Waals surface area contributed by atoms with Crippen LogP contribution in [-0.4, -0.2) is 65.3 Å². The maximum Gasteiger partial charge on any atom is 0.326 e. The highest BCUT2D eigenvalue weighted by Gasteiger charge is 2.40. The minimum Gasteiger partial charge on any atom is -0.480 e. The van der Waals surface area contributed by atoms with E-state index in [1.165, 1.54) is 4.90 Å². The summed E-state index contributed by atoms with van der Waals surface area (Å²) in [6.45, 7) is 5.03. The van der Waals surface area contributed by atoms with Crippen molar-refractivity contribution in [2.24, 2.45) is 5.92 Å². The summed E-state index contributed by atoms with van der Waals surface area (Å²) in [7, 11) is 1.75. The largest absolute Gasteiger partial charge is 0.480 e. The van der Waals surface area contributed by atoms with Crippen LogP contribution in [0.15, 0.2) is 0 Å². The number of carbonyl (C=O) groups is 2. The molecule has 0 aromatic rings. The predicted molar refractivity (Wildman–Crippen MR) is 73.5 cm³/mol. The third-order valence-corrected chi connectivity index (χ3v) is 4.57. The minimum atomic E-state index is -0.908. The third-order valence-electron chi connectivity index (χ3n) is 4.57. The number of aliphatic carboxylic acids is 1. The van der Waals surface area contributed by atoms with Crippen LogP contribution in [0.3, 0.4) is 0 Å². The van der Waals surface area contributed by atoms with Gasteiger partial charge in [-0.05, 0) is 32.1 Å². The highest BCUT2D eigenvalue weighted by atomic mass is 16.5. The van der Waals surface area contributed by atoms with E-state index in [4.69, 9.17) is 4.74 Å². The molecule has 0 radical (unpaired) electrons. The molecule has 2 heterocycles. The number of likely N-dealkylation sites (tertiary alicyclic amines) is 1. The van der Waals surface area contributed by atoms with Gasteiger partial charge in [0.1, 0.15) is 6.04 Å². The van der Waals surface area contributed by atoms with Crippen LogP contribution in [0, 0.1) is 5.92 Å². The lowest BCUT2D eigenvalue weighted by Gasteiger charge is -2.40. The van der Waals surface area contributed by atoms with Gasteiger partial charge in [0.25, 0.3) is 0 Å². The first kappa shape index (κ1) is 15.1. The molecule has 2 aliphatic heterocycles. The van der Waals surface area contributed by atoms with E-state index in [1.807, 2.05) is 13.8 Å². The number of hydrogen-bond donors (Lipinski definition) is 1. The van der Waals surface area contributed by atoms with E-state index < -0.39 is 12.0 Å². The number of carbonyl (C=O) groups excluding carboxylic acids is 1. The lowest BCUT2D eigenvalue weighted by Crippen LogP contribution is -2.57. The van der Waals surface area contributed by atoms with Crippen LogP contribution in [0.25, 0.3) is 0 Å². The molecule has 0 aromatic carbocycles. The van der Waals surface area contributed by atoms with Gasteiger partial charge in [0.15, 0.2) is 0 Å². The zero-order valence-corrected chi connectivity index (χ0v) is 12.4. The van der Waals surface area contributed by atoms with E-state index in [-0.39, 0.29) is 24.1 Å². The van der Waals surface area contributed by atoms with Crippen LogP contribution < -0.4 is 0 Å². The van der Waals surface area contributed by atoms with Crippen LogP contribution in [0.4, 0.5) is 4.79 Å². The molecule has 2 rings (SSSR count). The standard InChI is InChI=1S/C14H24N2O4/c1-9-5-4-7-16(12(9)13(17)18)14(19)15(3)11-6-8-20-10(11)2/h9-12H,4-8H2,1-3H3,(H,17,18). The lowest BCUT2D eigenvalue weighted by molar-refractivity contribution is -0.145. The van der Waals surface area contributed by atoms with E-state index in [0.29, 0.717) is 13.2 Å². The summed E-state index contributed by atoms with van der Waals surface area (Å²) in [4.78, 5) is 27.2. The second-order valence-electron chi connectivity index (χ2n) is 5.92. The summed E-state index contributed by atoms with van der Waals surface area (Å²) in [5.74, 6) is -0.912. The lowest BCUT2D eigenvalue weighted by atomic mass is 9.91. The second kappa shape index (κ2) is 5.99. The Bertz CT molecular complexity index is 387. The molecule has 2 fully saturated rings. The number of amides is 2. The van der Waals surface area contributed by atoms with Crippen molar-refractivity contribution < 1.29 is 19.4 Å². The molecule has 0 bridgehead atoms. The smallest absolute Gasteiger partial charge is 0.326 e. The van der Waals surface area contributed by atoms with Crippen molar-refractivity contribution in [2.75, 3.05) is 20.2 Å². The van der Waals surface area contributed by atoms with Gasteiger partial charge in [-0.1, -0.05) is 6.92 Å². The molecule has 2 amide bonds. The fourth-order valence-corrected chi connectivity index (χ4v) is 3.35. The van der Waals surface area contributed by atoms with Gasteiger partial charge >= 0.3 is 12.0 Å². The molecule has 0 spiro atoms. The van der Waals surface area contributed by atoms with E-state index in [9.17, 15) is 14.7 Å². The molecule has 114 valence electrons. The molecule has 6 heteroatoms. The number of urea groups is 1. The Morgan fingerprint density at radius 1 is 1.30 bits per heavy atom. The Balaban J connectivity index is 2.11. The summed E-state index contributed by atoms with van der Waals surface area (Å²) in [5.41, 5.74) is 0. The first-order valence-corrected chi connectivity index (χ1v) is 7.31. The van der Waals surface area contributed by atoms with Crippen molar-refractivity contribution in [1.29, 1.82) is 0 Å². The van der Waals surface area contributed by atoms with Crippen LogP contribution in [0.5, 0.6) is 0 Å². The summed E-state index contributed by atoms with van der Waals surface area (Å²) in [6, 6.07) is -0.864. The normalized spacial score (nSPS) is 34.0. The molecule has 4 unspecified atom stereocenters. The van der Waals surface area contributed by atoms with E-state index in [1.54, 1.807) is 11.9 Å². The number of carboxylic acids is 1. The fraction of sp³-hybridized carbons (Fsp3) is 0.857. The van der Waals surface area contributed by atoms with Crippen molar-refractivity contribution >= 4 is 12.0 Å². The maximum atomic E-state index is 12.6. The number of rotatable bonds is 2. The molecule has 0 aromatic heterocycles. The van der Waals surface area contributed by atoms with Crippen molar-refractivity contribution in [3.63, 3.8) is 0 Å². The van der Waals surface area contributed by atoms with Gasteiger partial charge in [0.05, 0.1) is 12.1 Å². The maximum absolute atomic E-state index is 12.6. The van der Waals surface area contributed by atoms with Gasteiger partial charge in [-0.25, -0.2) is 9.59 Å². The van der Waals surface area contributed by atoms with Crippen molar-refractivity contribution in [3.05, 3.63) is 0 Å².